The quantitative estimate of drug-likeness (QED) is 0.776. The molecule has 0 spiro atoms. The molecule has 1 aromatic rings. The van der Waals surface area contributed by atoms with E-state index < -0.39 is 0 Å². The number of amides is 1. The highest BCUT2D eigenvalue weighted by Gasteiger charge is 2.33. The molecule has 0 saturated heterocycles. The Morgan fingerprint density at radius 1 is 1.45 bits per heavy atom. The van der Waals surface area contributed by atoms with Gasteiger partial charge in [0.1, 0.15) is 0 Å². The summed E-state index contributed by atoms with van der Waals surface area (Å²) in [5, 5.41) is 16.9. The minimum atomic E-state index is -0.331. The second-order valence-corrected chi connectivity index (χ2v) is 6.82. The van der Waals surface area contributed by atoms with Crippen LogP contribution in [0.5, 0.6) is 0 Å². The lowest BCUT2D eigenvalue weighted by atomic mass is 10.0. The van der Waals surface area contributed by atoms with Crippen molar-refractivity contribution < 1.29 is 9.90 Å². The zero-order chi connectivity index (χ0) is 16.3. The lowest BCUT2D eigenvalue weighted by Crippen LogP contribution is -2.30. The van der Waals surface area contributed by atoms with Gasteiger partial charge in [-0.1, -0.05) is 13.8 Å². The van der Waals surface area contributed by atoms with Gasteiger partial charge in [0.05, 0.1) is 23.6 Å². The molecule has 5 heteroatoms. The van der Waals surface area contributed by atoms with Crippen LogP contribution >= 0.6 is 0 Å². The van der Waals surface area contributed by atoms with Gasteiger partial charge in [-0.25, -0.2) is 0 Å². The van der Waals surface area contributed by atoms with Crippen LogP contribution in [0.4, 0.5) is 0 Å². The Morgan fingerprint density at radius 3 is 2.68 bits per heavy atom. The van der Waals surface area contributed by atoms with E-state index in [-0.39, 0.29) is 17.9 Å². The first-order valence-electron chi connectivity index (χ1n) is 8.47. The molecule has 0 radical (unpaired) electrons. The molecule has 1 fully saturated rings. The molecule has 22 heavy (non-hydrogen) atoms. The molecule has 1 saturated carbocycles. The third-order valence-corrected chi connectivity index (χ3v) is 4.41. The van der Waals surface area contributed by atoms with Crippen molar-refractivity contribution in [1.82, 2.24) is 15.1 Å². The van der Waals surface area contributed by atoms with Crippen molar-refractivity contribution in [3.05, 3.63) is 17.5 Å². The van der Waals surface area contributed by atoms with E-state index in [1.54, 1.807) is 13.1 Å². The van der Waals surface area contributed by atoms with Crippen molar-refractivity contribution >= 4 is 5.91 Å². The third-order valence-electron chi connectivity index (χ3n) is 4.41. The number of aliphatic hydroxyl groups excluding tert-OH is 1. The van der Waals surface area contributed by atoms with Crippen LogP contribution in [0, 0.1) is 5.92 Å². The average molecular weight is 307 g/mol. The molecule has 2 N–H and O–H groups in total. The van der Waals surface area contributed by atoms with Crippen LogP contribution in [0.2, 0.25) is 0 Å². The molecule has 5 nitrogen and oxygen atoms in total. The van der Waals surface area contributed by atoms with Crippen LogP contribution in [0.1, 0.15) is 81.4 Å². The number of carbonyl (C=O) groups excluding carboxylic acids is 1. The highest BCUT2D eigenvalue weighted by Crippen LogP contribution is 2.42. The molecule has 1 aliphatic rings. The maximum Gasteiger partial charge on any atom is 0.254 e. The van der Waals surface area contributed by atoms with Crippen LogP contribution in [0.15, 0.2) is 6.20 Å². The summed E-state index contributed by atoms with van der Waals surface area (Å²) in [4.78, 5) is 12.5. The van der Waals surface area contributed by atoms with Gasteiger partial charge in [0.2, 0.25) is 0 Å². The number of hydrogen-bond acceptors (Lipinski definition) is 3. The van der Waals surface area contributed by atoms with Gasteiger partial charge in [0.25, 0.3) is 5.91 Å². The Morgan fingerprint density at radius 2 is 2.14 bits per heavy atom. The highest BCUT2D eigenvalue weighted by molar-refractivity contribution is 5.95. The zero-order valence-electron chi connectivity index (χ0n) is 14.2. The van der Waals surface area contributed by atoms with Gasteiger partial charge in [0.15, 0.2) is 0 Å². The van der Waals surface area contributed by atoms with E-state index in [4.69, 9.17) is 0 Å². The number of rotatable bonds is 8. The van der Waals surface area contributed by atoms with Gasteiger partial charge in [-0.15, -0.1) is 0 Å². The van der Waals surface area contributed by atoms with Gasteiger partial charge >= 0.3 is 0 Å². The SMILES string of the molecule is CCC(C)n1ncc(C(=O)NCC(C)CC(C)O)c1C1CC1. The van der Waals surface area contributed by atoms with Crippen LogP contribution in [0.25, 0.3) is 0 Å². The predicted molar refractivity (Wildman–Crippen MR) is 87.0 cm³/mol. The summed E-state index contributed by atoms with van der Waals surface area (Å²) in [6, 6.07) is 0.325. The van der Waals surface area contributed by atoms with Gasteiger partial charge in [-0.3, -0.25) is 9.48 Å². The average Bonchev–Trinajstić information content (AvgIpc) is 3.21. The summed E-state index contributed by atoms with van der Waals surface area (Å²) in [6.07, 6.45) is 5.40. The summed E-state index contributed by atoms with van der Waals surface area (Å²) in [7, 11) is 0. The molecule has 2 rings (SSSR count). The van der Waals surface area contributed by atoms with E-state index in [9.17, 15) is 9.90 Å². The fraction of sp³-hybridized carbons (Fsp3) is 0.765. The minimum Gasteiger partial charge on any atom is -0.393 e. The molecule has 0 aliphatic heterocycles. The molecule has 1 aliphatic carbocycles. The third kappa shape index (κ3) is 4.09. The fourth-order valence-corrected chi connectivity index (χ4v) is 2.86. The van der Waals surface area contributed by atoms with Crippen LogP contribution in [0.3, 0.4) is 0 Å². The van der Waals surface area contributed by atoms with Crippen LogP contribution < -0.4 is 5.32 Å². The lowest BCUT2D eigenvalue weighted by Gasteiger charge is -2.16. The van der Waals surface area contributed by atoms with Crippen LogP contribution in [-0.2, 0) is 0 Å². The standard InChI is InChI=1S/C17H29N3O2/c1-5-12(3)20-16(14-6-7-14)15(10-19-20)17(22)18-9-11(2)8-13(4)21/h10-14,21H,5-9H2,1-4H3,(H,18,22). The maximum atomic E-state index is 12.5. The Bertz CT molecular complexity index is 506. The summed E-state index contributed by atoms with van der Waals surface area (Å²) in [5.41, 5.74) is 1.84. The van der Waals surface area contributed by atoms with Crippen LogP contribution in [-0.4, -0.2) is 33.4 Å². The predicted octanol–water partition coefficient (Wildman–Crippen LogP) is 2.87. The number of aromatic nitrogens is 2. The molecule has 3 unspecified atom stereocenters. The number of nitrogens with one attached hydrogen (secondary N) is 1. The van der Waals surface area contributed by atoms with Gasteiger partial charge < -0.3 is 10.4 Å². The Hall–Kier alpha value is -1.36. The number of aliphatic hydroxyl groups is 1. The summed E-state index contributed by atoms with van der Waals surface area (Å²) < 4.78 is 2.03. The molecule has 0 aromatic carbocycles. The van der Waals surface area contributed by atoms with E-state index in [2.05, 4.69) is 24.3 Å². The van der Waals surface area contributed by atoms with E-state index in [0.29, 0.717) is 24.9 Å². The minimum absolute atomic E-state index is 0.0334. The number of carbonyl (C=O) groups is 1. The number of nitrogens with zero attached hydrogens (tertiary/aromatic N) is 2. The Balaban J connectivity index is 2.05. The molecule has 0 bridgehead atoms. The summed E-state index contributed by atoms with van der Waals surface area (Å²) in [6.45, 7) is 8.69. The highest BCUT2D eigenvalue weighted by atomic mass is 16.3. The van der Waals surface area contributed by atoms with E-state index in [1.807, 2.05) is 11.6 Å². The van der Waals surface area contributed by atoms with Crippen molar-refractivity contribution in [3.63, 3.8) is 0 Å². The second kappa shape index (κ2) is 7.27. The van der Waals surface area contributed by atoms with E-state index in [0.717, 1.165) is 30.5 Å². The first-order chi connectivity index (χ1) is 10.4. The maximum absolute atomic E-state index is 12.5. The molecule has 124 valence electrons. The Labute approximate surface area is 133 Å². The zero-order valence-corrected chi connectivity index (χ0v) is 14.2. The lowest BCUT2D eigenvalue weighted by molar-refractivity contribution is 0.0938. The normalized spacial score (nSPS) is 18.8. The van der Waals surface area contributed by atoms with Crippen molar-refractivity contribution in [2.24, 2.45) is 5.92 Å². The molecule has 1 heterocycles. The molecule has 3 atom stereocenters. The van der Waals surface area contributed by atoms with Gasteiger partial charge in [-0.05, 0) is 45.4 Å². The van der Waals surface area contributed by atoms with Crippen molar-refractivity contribution in [1.29, 1.82) is 0 Å². The topological polar surface area (TPSA) is 67.2 Å². The molecule has 1 aromatic heterocycles. The first kappa shape index (κ1) is 17.0. The van der Waals surface area contributed by atoms with E-state index >= 15 is 0 Å². The van der Waals surface area contributed by atoms with Crippen molar-refractivity contribution in [2.75, 3.05) is 6.54 Å². The summed E-state index contributed by atoms with van der Waals surface area (Å²) >= 11 is 0. The second-order valence-electron chi connectivity index (χ2n) is 6.82. The monoisotopic (exact) mass is 307 g/mol. The van der Waals surface area contributed by atoms with Gasteiger partial charge in [-0.2, -0.15) is 5.10 Å². The van der Waals surface area contributed by atoms with E-state index in [1.165, 1.54) is 0 Å². The number of hydrogen-bond donors (Lipinski definition) is 2. The Kier molecular flexibility index (Phi) is 5.62. The van der Waals surface area contributed by atoms with Gasteiger partial charge in [0, 0.05) is 18.5 Å². The smallest absolute Gasteiger partial charge is 0.254 e. The molecule has 1 amide bonds. The largest absolute Gasteiger partial charge is 0.393 e. The summed E-state index contributed by atoms with van der Waals surface area (Å²) in [5.74, 6) is 0.721. The first-order valence-corrected chi connectivity index (χ1v) is 8.47. The molecular formula is C17H29N3O2. The van der Waals surface area contributed by atoms with Crippen molar-refractivity contribution in [2.45, 2.75) is 71.4 Å². The molecular weight excluding hydrogens is 278 g/mol. The fourth-order valence-electron chi connectivity index (χ4n) is 2.86. The van der Waals surface area contributed by atoms with Crippen molar-refractivity contribution in [3.8, 4) is 0 Å².